The molecule has 0 fully saturated rings. The summed E-state index contributed by atoms with van der Waals surface area (Å²) < 4.78 is 101. The number of azo groups is 1. The van der Waals surface area contributed by atoms with E-state index in [9.17, 15) is 73.3 Å². The van der Waals surface area contributed by atoms with Crippen molar-refractivity contribution in [3.63, 3.8) is 0 Å². The molecule has 0 saturated carbocycles. The molecule has 2 aliphatic rings. The van der Waals surface area contributed by atoms with Crippen LogP contribution in [0, 0.1) is 0 Å². The van der Waals surface area contributed by atoms with Crippen molar-refractivity contribution < 1.29 is 192 Å². The van der Waals surface area contributed by atoms with Crippen LogP contribution in [-0.2, 0) is 54.2 Å². The minimum atomic E-state index is -5.34. The van der Waals surface area contributed by atoms with Crippen LogP contribution in [0.25, 0.3) is 12.2 Å². The molecule has 0 radical (unpaired) electrons. The van der Waals surface area contributed by atoms with Crippen LogP contribution in [-0.4, -0.2) is 94.3 Å². The van der Waals surface area contributed by atoms with Gasteiger partial charge in [-0.2, -0.15) is 25.4 Å². The quantitative estimate of drug-likeness (QED) is 0.0111. The van der Waals surface area contributed by atoms with Gasteiger partial charge in [0.25, 0.3) is 5.91 Å². The third-order valence-corrected chi connectivity index (χ3v) is 12.9. The predicted molar refractivity (Wildman–Crippen MR) is 245 cm³/mol. The fraction of sp³-hybridized carbons (Fsp3) is 0.0698. The fourth-order valence-electron chi connectivity index (χ4n) is 6.22. The van der Waals surface area contributed by atoms with Gasteiger partial charge in [-0.3, -0.25) is 24.6 Å². The molecule has 0 aromatic heterocycles. The number of hydrogen-bond donors (Lipinski definition) is 4. The number of hydrazone groups is 2. The number of allylic oxidation sites excluding steroid dienone is 3. The maximum absolute atomic E-state index is 13.4. The van der Waals surface area contributed by atoms with Gasteiger partial charge in [0.1, 0.15) is 20.2 Å². The van der Waals surface area contributed by atoms with Gasteiger partial charge in [-0.05, 0) is 110 Å². The zero-order valence-electron chi connectivity index (χ0n) is 40.1. The molecule has 4 aromatic rings. The molecule has 32 heteroatoms. The Balaban J connectivity index is 0.00000481. The topological polar surface area (TPSA) is 398 Å². The second kappa shape index (κ2) is 28.1. The van der Waals surface area contributed by atoms with E-state index in [2.05, 4.69) is 36.5 Å². The Kier molecular flexibility index (Phi) is 24.9. The summed E-state index contributed by atoms with van der Waals surface area (Å²) >= 11 is 0. The van der Waals surface area contributed by atoms with Gasteiger partial charge >= 0.3 is 118 Å². The zero-order valence-corrected chi connectivity index (χ0v) is 50.6. The Bertz CT molecular complexity index is 3530. The number of benzene rings is 4. The van der Waals surface area contributed by atoms with Gasteiger partial charge in [0.05, 0.1) is 55.1 Å². The van der Waals surface area contributed by atoms with Crippen LogP contribution >= 0.6 is 0 Å². The van der Waals surface area contributed by atoms with Crippen LogP contribution in [0.3, 0.4) is 0 Å². The number of nitrogens with zero attached hydrogens (tertiary/aromatic N) is 5. The Labute approximate surface area is 515 Å². The van der Waals surface area contributed by atoms with E-state index in [4.69, 9.17) is 0 Å². The molecular formula is C43H31N9Na4O16S3. The number of aromatic carboxylic acids is 1. The van der Waals surface area contributed by atoms with E-state index in [1.807, 2.05) is 4.72 Å². The van der Waals surface area contributed by atoms with Crippen molar-refractivity contribution in [3.05, 3.63) is 132 Å². The number of carbonyl (C=O) groups excluding carboxylic acids is 6. The maximum Gasteiger partial charge on any atom is 1.00 e. The molecule has 1 heterocycles. The Morgan fingerprint density at radius 2 is 1.24 bits per heavy atom. The van der Waals surface area contributed by atoms with Gasteiger partial charge in [0, 0.05) is 34.7 Å². The SMILES string of the molecule is CNS(=O)(=O)c1ccc(N=NC2C(=O)N(c3ccc(/C=C/c4ccc(NC(=O)/C=C/C(=O)Nc5ccc(N/N=C6/C=CC(=O)C(C(=O)[O-])=C6)cc5)cc4S(=O)(=O)[O-])c(S(=O)(=O)[O-])c3)N=C2C)c(C(=O)[O-])c1.[Na+].[Na+].[Na+].[Na+]. The minimum absolute atomic E-state index is 0. The summed E-state index contributed by atoms with van der Waals surface area (Å²) in [6, 6.07) is 13.3. The Hall–Kier alpha value is -4.67. The minimum Gasteiger partial charge on any atom is -0.744 e. The number of carboxylic acid groups (broad SMARTS) is 2. The third kappa shape index (κ3) is 17.4. The monoisotopic (exact) mass is 1120 g/mol. The first kappa shape index (κ1) is 66.4. The summed E-state index contributed by atoms with van der Waals surface area (Å²) in [6.07, 6.45) is 6.97. The summed E-state index contributed by atoms with van der Waals surface area (Å²) in [5, 5.41) is 44.0. The molecule has 4 N–H and O–H groups in total. The van der Waals surface area contributed by atoms with E-state index in [0.29, 0.717) is 10.7 Å². The van der Waals surface area contributed by atoms with E-state index in [1.54, 1.807) is 0 Å². The summed E-state index contributed by atoms with van der Waals surface area (Å²) in [4.78, 5) is 70.8. The number of sulfonamides is 1. The van der Waals surface area contributed by atoms with Crippen LogP contribution in [0.2, 0.25) is 0 Å². The van der Waals surface area contributed by atoms with Gasteiger partial charge in [-0.1, -0.05) is 24.3 Å². The first-order chi connectivity index (χ1) is 33.3. The number of carbonyl (C=O) groups is 6. The van der Waals surface area contributed by atoms with Gasteiger partial charge in [0.15, 0.2) is 11.8 Å². The first-order valence-corrected chi connectivity index (χ1v) is 24.0. The van der Waals surface area contributed by atoms with Crippen LogP contribution in [0.15, 0.2) is 150 Å². The Morgan fingerprint density at radius 1 is 0.693 bits per heavy atom. The number of aliphatic carboxylic acids is 1. The van der Waals surface area contributed by atoms with Gasteiger partial charge in [-0.25, -0.2) is 30.0 Å². The largest absolute Gasteiger partial charge is 1.00 e. The first-order valence-electron chi connectivity index (χ1n) is 19.7. The van der Waals surface area contributed by atoms with Crippen molar-refractivity contribution in [1.82, 2.24) is 4.72 Å². The van der Waals surface area contributed by atoms with E-state index < -0.39 is 97.6 Å². The number of anilines is 4. The van der Waals surface area contributed by atoms with Crippen molar-refractivity contribution in [2.24, 2.45) is 20.4 Å². The van der Waals surface area contributed by atoms with Crippen molar-refractivity contribution >= 4 is 118 Å². The second-order valence-corrected chi connectivity index (χ2v) is 19.1. The van der Waals surface area contributed by atoms with Gasteiger partial charge in [-0.15, -0.1) is 0 Å². The molecule has 1 aliphatic heterocycles. The standard InChI is InChI=1S/C43H35N9O16S3.4Na/c1-23-40(50-49-34-15-14-31(69(61,62)44-2)22-32(34)42(57)58)41(56)52(51-23)30-13-6-25(37(21-30)71(66,67)68)4-3-24-5-7-28(20-36(24)70(63,64)65)46-39(55)18-17-38(54)45-26-8-10-27(11-9-26)47-48-29-12-16-35(53)33(19-29)43(59)60;;;;/h3-22,40,44,47H,1-2H3,(H,45,54)(H,46,55)(H,57,58)(H,59,60)(H,63,64,65)(H,66,67,68);;;;/q;4*+1/p-4/b4-3+,18-17+,48-29-,50-49?;;;;. The zero-order chi connectivity index (χ0) is 52.0. The van der Waals surface area contributed by atoms with Crippen LogP contribution in [0.5, 0.6) is 0 Å². The molecular weight excluding hydrogens is 1090 g/mol. The molecule has 0 saturated heterocycles. The molecule has 25 nitrogen and oxygen atoms in total. The summed E-state index contributed by atoms with van der Waals surface area (Å²) in [5.41, 5.74) is 0.702. The van der Waals surface area contributed by atoms with Crippen molar-refractivity contribution in [2.45, 2.75) is 27.7 Å². The number of rotatable bonds is 17. The van der Waals surface area contributed by atoms with E-state index in [-0.39, 0.29) is 164 Å². The molecule has 0 spiro atoms. The van der Waals surface area contributed by atoms with Crippen molar-refractivity contribution in [3.8, 4) is 0 Å². The molecule has 3 amide bonds. The van der Waals surface area contributed by atoms with Gasteiger partial charge in [0.2, 0.25) is 21.8 Å². The summed E-state index contributed by atoms with van der Waals surface area (Å²) in [6.45, 7) is 1.34. The van der Waals surface area contributed by atoms with E-state index in [0.717, 1.165) is 86.0 Å². The molecule has 1 aliphatic carbocycles. The van der Waals surface area contributed by atoms with Crippen LogP contribution in [0.1, 0.15) is 28.4 Å². The predicted octanol–water partition coefficient (Wildman–Crippen LogP) is -11.5. The normalized spacial score (nSPS) is 15.1. The average molecular weight is 1120 g/mol. The molecule has 75 heavy (non-hydrogen) atoms. The number of hydrogen-bond acceptors (Lipinski definition) is 21. The number of nitrogens with one attached hydrogen (secondary N) is 4. The van der Waals surface area contributed by atoms with Gasteiger partial charge < -0.3 is 39.5 Å². The molecule has 0 bridgehead atoms. The van der Waals surface area contributed by atoms with Crippen LogP contribution < -0.4 is 154 Å². The summed E-state index contributed by atoms with van der Waals surface area (Å²) in [7, 11) is -13.6. The third-order valence-electron chi connectivity index (χ3n) is 9.68. The molecule has 4 aromatic carbocycles. The maximum atomic E-state index is 13.4. The molecule has 366 valence electrons. The van der Waals surface area contributed by atoms with E-state index >= 15 is 0 Å². The van der Waals surface area contributed by atoms with E-state index in [1.165, 1.54) is 49.4 Å². The van der Waals surface area contributed by atoms with Crippen molar-refractivity contribution in [1.29, 1.82) is 0 Å². The Morgan fingerprint density at radius 3 is 1.80 bits per heavy atom. The molecule has 1 unspecified atom stereocenters. The van der Waals surface area contributed by atoms with Crippen LogP contribution in [0.4, 0.5) is 28.4 Å². The number of carboxylic acids is 2. The van der Waals surface area contributed by atoms with Crippen molar-refractivity contribution in [2.75, 3.05) is 28.1 Å². The molecule has 1 atom stereocenters. The summed E-state index contributed by atoms with van der Waals surface area (Å²) in [5.74, 6) is -6.84. The number of amides is 3. The molecule has 6 rings (SSSR count). The second-order valence-electron chi connectivity index (χ2n) is 14.5. The fourth-order valence-corrected chi connectivity index (χ4v) is 8.37. The smallest absolute Gasteiger partial charge is 0.744 e. The average Bonchev–Trinajstić information content (AvgIpc) is 3.60. The number of ketones is 1.